The molecule has 0 aliphatic rings. The lowest BCUT2D eigenvalue weighted by Crippen LogP contribution is -2.16. The molecule has 3 N–H and O–H groups in total. The molecule has 0 aliphatic heterocycles. The van der Waals surface area contributed by atoms with Gasteiger partial charge < -0.3 is 10.8 Å². The van der Waals surface area contributed by atoms with Crippen molar-refractivity contribution in [2.24, 2.45) is 5.73 Å². The monoisotopic (exact) mass is 213 g/mol. The van der Waals surface area contributed by atoms with Gasteiger partial charge in [-0.2, -0.15) is 0 Å². The Morgan fingerprint density at radius 1 is 1.50 bits per heavy atom. The van der Waals surface area contributed by atoms with Gasteiger partial charge in [0.15, 0.2) is 0 Å². The fraction of sp³-hybridized carbons (Fsp3) is 0.636. The van der Waals surface area contributed by atoms with Crippen molar-refractivity contribution in [3.63, 3.8) is 0 Å². The van der Waals surface area contributed by atoms with Crippen molar-refractivity contribution >= 4 is 11.3 Å². The highest BCUT2D eigenvalue weighted by molar-refractivity contribution is 7.12. The van der Waals surface area contributed by atoms with Crippen molar-refractivity contribution in [1.82, 2.24) is 0 Å². The first kappa shape index (κ1) is 11.7. The minimum atomic E-state index is -0.268. The standard InChI is InChI=1S/C11H19NOS/c1-3-10-4-5-11(14-10)9(7-12)6-8(2)13/h4-5,8-9,13H,3,6-7,12H2,1-2H3. The van der Waals surface area contributed by atoms with Gasteiger partial charge in [0.25, 0.3) is 0 Å². The maximum atomic E-state index is 9.33. The van der Waals surface area contributed by atoms with E-state index in [0.717, 1.165) is 12.8 Å². The third-order valence-corrected chi connectivity index (χ3v) is 3.74. The van der Waals surface area contributed by atoms with Gasteiger partial charge in [-0.15, -0.1) is 11.3 Å². The van der Waals surface area contributed by atoms with Gasteiger partial charge in [-0.3, -0.25) is 0 Å². The minimum Gasteiger partial charge on any atom is -0.393 e. The van der Waals surface area contributed by atoms with Gasteiger partial charge in [0.05, 0.1) is 6.10 Å². The Morgan fingerprint density at radius 3 is 2.64 bits per heavy atom. The summed E-state index contributed by atoms with van der Waals surface area (Å²) in [5, 5.41) is 9.33. The molecular formula is C11H19NOS. The molecule has 0 radical (unpaired) electrons. The van der Waals surface area contributed by atoms with Crippen LogP contribution in [0.2, 0.25) is 0 Å². The Hall–Kier alpha value is -0.380. The van der Waals surface area contributed by atoms with E-state index in [1.165, 1.54) is 9.75 Å². The predicted molar refractivity (Wildman–Crippen MR) is 61.8 cm³/mol. The van der Waals surface area contributed by atoms with Crippen LogP contribution in [0.15, 0.2) is 12.1 Å². The lowest BCUT2D eigenvalue weighted by atomic mass is 10.0. The summed E-state index contributed by atoms with van der Waals surface area (Å²) >= 11 is 1.82. The Balaban J connectivity index is 2.68. The van der Waals surface area contributed by atoms with Crippen LogP contribution < -0.4 is 5.73 Å². The van der Waals surface area contributed by atoms with Gasteiger partial charge in [0.1, 0.15) is 0 Å². The molecule has 1 rings (SSSR count). The highest BCUT2D eigenvalue weighted by Crippen LogP contribution is 2.27. The number of rotatable bonds is 5. The zero-order chi connectivity index (χ0) is 10.6. The highest BCUT2D eigenvalue weighted by atomic mass is 32.1. The lowest BCUT2D eigenvalue weighted by molar-refractivity contribution is 0.175. The van der Waals surface area contributed by atoms with Crippen molar-refractivity contribution < 1.29 is 5.11 Å². The van der Waals surface area contributed by atoms with Gasteiger partial charge in [-0.05, 0) is 31.9 Å². The number of hydrogen-bond acceptors (Lipinski definition) is 3. The van der Waals surface area contributed by atoms with Crippen molar-refractivity contribution in [3.05, 3.63) is 21.9 Å². The van der Waals surface area contributed by atoms with Crippen molar-refractivity contribution in [2.45, 2.75) is 38.7 Å². The molecule has 0 saturated heterocycles. The fourth-order valence-corrected chi connectivity index (χ4v) is 2.62. The van der Waals surface area contributed by atoms with Gasteiger partial charge in [0, 0.05) is 22.2 Å². The molecule has 0 bridgehead atoms. The summed E-state index contributed by atoms with van der Waals surface area (Å²) in [5.74, 6) is 0.320. The van der Waals surface area contributed by atoms with Gasteiger partial charge in [-0.1, -0.05) is 6.92 Å². The molecule has 1 heterocycles. The smallest absolute Gasteiger partial charge is 0.0518 e. The minimum absolute atomic E-state index is 0.268. The number of aliphatic hydroxyl groups excluding tert-OH is 1. The van der Waals surface area contributed by atoms with Crippen LogP contribution >= 0.6 is 11.3 Å². The molecule has 0 fully saturated rings. The summed E-state index contributed by atoms with van der Waals surface area (Å²) in [7, 11) is 0. The van der Waals surface area contributed by atoms with Crippen LogP contribution in [0.25, 0.3) is 0 Å². The summed E-state index contributed by atoms with van der Waals surface area (Å²) < 4.78 is 0. The average molecular weight is 213 g/mol. The third-order valence-electron chi connectivity index (χ3n) is 2.34. The van der Waals surface area contributed by atoms with E-state index in [9.17, 15) is 5.11 Å². The van der Waals surface area contributed by atoms with Crippen LogP contribution in [0.1, 0.15) is 35.9 Å². The van der Waals surface area contributed by atoms with Crippen molar-refractivity contribution in [3.8, 4) is 0 Å². The Morgan fingerprint density at radius 2 is 2.21 bits per heavy atom. The van der Waals surface area contributed by atoms with E-state index in [-0.39, 0.29) is 6.10 Å². The van der Waals surface area contributed by atoms with E-state index in [0.29, 0.717) is 12.5 Å². The zero-order valence-electron chi connectivity index (χ0n) is 8.86. The van der Waals surface area contributed by atoms with Crippen molar-refractivity contribution in [1.29, 1.82) is 0 Å². The first-order chi connectivity index (χ1) is 6.67. The number of nitrogens with two attached hydrogens (primary N) is 1. The van der Waals surface area contributed by atoms with E-state index in [4.69, 9.17) is 5.73 Å². The lowest BCUT2D eigenvalue weighted by Gasteiger charge is -2.14. The van der Waals surface area contributed by atoms with Gasteiger partial charge in [0.2, 0.25) is 0 Å². The Bertz CT molecular complexity index is 270. The molecule has 0 amide bonds. The van der Waals surface area contributed by atoms with Gasteiger partial charge in [-0.25, -0.2) is 0 Å². The summed E-state index contributed by atoms with van der Waals surface area (Å²) in [5.41, 5.74) is 5.70. The highest BCUT2D eigenvalue weighted by Gasteiger charge is 2.14. The SMILES string of the molecule is CCc1ccc(C(CN)CC(C)O)s1. The molecule has 2 unspecified atom stereocenters. The topological polar surface area (TPSA) is 46.2 Å². The summed E-state index contributed by atoms with van der Waals surface area (Å²) in [6.07, 6.45) is 1.58. The quantitative estimate of drug-likeness (QED) is 0.787. The normalized spacial score (nSPS) is 15.4. The molecule has 1 aromatic rings. The molecule has 2 atom stereocenters. The van der Waals surface area contributed by atoms with E-state index in [1.807, 2.05) is 18.3 Å². The van der Waals surface area contributed by atoms with E-state index in [2.05, 4.69) is 19.1 Å². The van der Waals surface area contributed by atoms with Gasteiger partial charge >= 0.3 is 0 Å². The molecule has 0 aromatic carbocycles. The van der Waals surface area contributed by atoms with Crippen LogP contribution in [-0.4, -0.2) is 17.8 Å². The van der Waals surface area contributed by atoms with Crippen molar-refractivity contribution in [2.75, 3.05) is 6.54 Å². The second-order valence-corrected chi connectivity index (χ2v) is 4.87. The maximum absolute atomic E-state index is 9.33. The number of thiophene rings is 1. The molecule has 80 valence electrons. The molecular weight excluding hydrogens is 194 g/mol. The number of hydrogen-bond donors (Lipinski definition) is 2. The third kappa shape index (κ3) is 3.08. The number of aryl methyl sites for hydroxylation is 1. The Kier molecular flexibility index (Phi) is 4.58. The van der Waals surface area contributed by atoms with Crippen LogP contribution in [0.4, 0.5) is 0 Å². The van der Waals surface area contributed by atoms with Crippen LogP contribution in [-0.2, 0) is 6.42 Å². The first-order valence-corrected chi connectivity index (χ1v) is 5.95. The Labute approximate surface area is 89.8 Å². The van der Waals surface area contributed by atoms with Crippen LogP contribution in [0, 0.1) is 0 Å². The maximum Gasteiger partial charge on any atom is 0.0518 e. The second kappa shape index (κ2) is 5.49. The molecule has 0 saturated carbocycles. The molecule has 14 heavy (non-hydrogen) atoms. The van der Waals surface area contributed by atoms with E-state index < -0.39 is 0 Å². The summed E-state index contributed by atoms with van der Waals surface area (Å²) in [4.78, 5) is 2.70. The second-order valence-electron chi connectivity index (χ2n) is 3.67. The molecule has 2 nitrogen and oxygen atoms in total. The first-order valence-electron chi connectivity index (χ1n) is 5.14. The zero-order valence-corrected chi connectivity index (χ0v) is 9.68. The van der Waals surface area contributed by atoms with Crippen LogP contribution in [0.5, 0.6) is 0 Å². The molecule has 0 spiro atoms. The largest absolute Gasteiger partial charge is 0.393 e. The fourth-order valence-electron chi connectivity index (χ4n) is 1.54. The summed E-state index contributed by atoms with van der Waals surface area (Å²) in [6, 6.07) is 4.30. The summed E-state index contributed by atoms with van der Waals surface area (Å²) in [6.45, 7) is 4.59. The molecule has 0 aliphatic carbocycles. The molecule has 1 aromatic heterocycles. The van der Waals surface area contributed by atoms with E-state index in [1.54, 1.807) is 0 Å². The number of aliphatic hydroxyl groups is 1. The predicted octanol–water partition coefficient (Wildman–Crippen LogP) is 2.12. The van der Waals surface area contributed by atoms with E-state index >= 15 is 0 Å². The molecule has 3 heteroatoms. The average Bonchev–Trinajstić information content (AvgIpc) is 2.62. The van der Waals surface area contributed by atoms with Crippen LogP contribution in [0.3, 0.4) is 0 Å².